The molecule has 20 heavy (non-hydrogen) atoms. The molecule has 0 spiro atoms. The summed E-state index contributed by atoms with van der Waals surface area (Å²) in [4.78, 5) is 26.5. The molecule has 0 atom stereocenters. The van der Waals surface area contributed by atoms with E-state index in [-0.39, 0.29) is 16.4 Å². The number of hydrogen-bond donors (Lipinski definition) is 1. The number of nitriles is 1. The lowest BCUT2D eigenvalue weighted by Gasteiger charge is -2.03. The van der Waals surface area contributed by atoms with Gasteiger partial charge < -0.3 is 0 Å². The van der Waals surface area contributed by atoms with Crippen molar-refractivity contribution in [2.45, 2.75) is 6.92 Å². The van der Waals surface area contributed by atoms with E-state index in [1.54, 1.807) is 6.92 Å². The molecule has 0 fully saturated rings. The lowest BCUT2D eigenvalue weighted by Crippen LogP contribution is -2.12. The molecule has 0 unspecified atom stereocenters. The first-order valence-electron chi connectivity index (χ1n) is 5.43. The quantitative estimate of drug-likeness (QED) is 0.689. The minimum absolute atomic E-state index is 0.116. The number of thiazole rings is 1. The largest absolute Gasteiger partial charge is 0.298 e. The number of anilines is 1. The summed E-state index contributed by atoms with van der Waals surface area (Å²) in [6.07, 6.45) is 1.35. The lowest BCUT2D eigenvalue weighted by atomic mass is 10.1. The predicted molar refractivity (Wildman–Crippen MR) is 72.6 cm³/mol. The molecule has 0 aliphatic heterocycles. The van der Waals surface area contributed by atoms with Gasteiger partial charge in [0.25, 0.3) is 11.6 Å². The van der Waals surface area contributed by atoms with Crippen molar-refractivity contribution < 1.29 is 9.72 Å². The Balaban J connectivity index is 2.23. The third-order valence-corrected chi connectivity index (χ3v) is 3.32. The topological polar surface area (TPSA) is 109 Å². The van der Waals surface area contributed by atoms with E-state index in [0.717, 1.165) is 11.3 Å². The van der Waals surface area contributed by atoms with Crippen LogP contribution < -0.4 is 5.32 Å². The molecule has 0 radical (unpaired) electrons. The number of carbonyl (C=O) groups excluding carboxylic acids is 1. The number of nitro groups is 1. The third-order valence-electron chi connectivity index (χ3n) is 2.50. The molecule has 1 N–H and O–H groups in total. The summed E-state index contributed by atoms with van der Waals surface area (Å²) < 4.78 is 0. The van der Waals surface area contributed by atoms with Gasteiger partial charge in [0.15, 0.2) is 5.13 Å². The molecular weight excluding hydrogens is 280 g/mol. The minimum atomic E-state index is -0.538. The first-order valence-corrected chi connectivity index (χ1v) is 6.25. The Morgan fingerprint density at radius 3 is 2.90 bits per heavy atom. The van der Waals surface area contributed by atoms with Crippen LogP contribution in [0.15, 0.2) is 24.4 Å². The first-order chi connectivity index (χ1) is 9.51. The van der Waals surface area contributed by atoms with Gasteiger partial charge in [-0.05, 0) is 13.0 Å². The molecule has 2 rings (SSSR count). The number of carbonyl (C=O) groups is 1. The number of aryl methyl sites for hydroxylation is 1. The highest BCUT2D eigenvalue weighted by Crippen LogP contribution is 2.21. The van der Waals surface area contributed by atoms with E-state index in [4.69, 9.17) is 5.26 Å². The summed E-state index contributed by atoms with van der Waals surface area (Å²) in [5, 5.41) is 22.3. The van der Waals surface area contributed by atoms with Crippen LogP contribution in [0.1, 0.15) is 20.8 Å². The summed E-state index contributed by atoms with van der Waals surface area (Å²) in [5.74, 6) is -0.507. The van der Waals surface area contributed by atoms with E-state index in [0.29, 0.717) is 10.4 Å². The van der Waals surface area contributed by atoms with Crippen molar-refractivity contribution in [1.29, 1.82) is 5.26 Å². The zero-order valence-electron chi connectivity index (χ0n) is 10.3. The molecule has 0 saturated heterocycles. The average Bonchev–Trinajstić information content (AvgIpc) is 2.86. The van der Waals surface area contributed by atoms with Crippen LogP contribution >= 0.6 is 11.3 Å². The highest BCUT2D eigenvalue weighted by molar-refractivity contribution is 7.16. The first kappa shape index (κ1) is 13.6. The van der Waals surface area contributed by atoms with Crippen molar-refractivity contribution >= 4 is 28.1 Å². The third kappa shape index (κ3) is 2.78. The second kappa shape index (κ2) is 5.46. The number of nitrogens with zero attached hydrogens (tertiary/aromatic N) is 3. The maximum absolute atomic E-state index is 11.9. The van der Waals surface area contributed by atoms with Crippen LogP contribution in [0.25, 0.3) is 0 Å². The van der Waals surface area contributed by atoms with Gasteiger partial charge in [0, 0.05) is 17.2 Å². The van der Waals surface area contributed by atoms with Crippen molar-refractivity contribution in [2.75, 3.05) is 5.32 Å². The summed E-state index contributed by atoms with van der Waals surface area (Å²) in [6.45, 7) is 1.60. The van der Waals surface area contributed by atoms with Gasteiger partial charge in [0.05, 0.1) is 11.1 Å². The van der Waals surface area contributed by atoms with Gasteiger partial charge in [0.2, 0.25) is 0 Å². The zero-order valence-corrected chi connectivity index (χ0v) is 11.1. The highest BCUT2D eigenvalue weighted by atomic mass is 32.1. The van der Waals surface area contributed by atoms with Crippen molar-refractivity contribution in [3.63, 3.8) is 0 Å². The number of aromatic nitrogens is 1. The van der Waals surface area contributed by atoms with E-state index >= 15 is 0 Å². The number of benzene rings is 1. The van der Waals surface area contributed by atoms with Crippen LogP contribution in [0, 0.1) is 28.4 Å². The molecule has 0 saturated carbocycles. The van der Waals surface area contributed by atoms with Crippen LogP contribution in [-0.2, 0) is 0 Å². The molecule has 2 aromatic rings. The number of amides is 1. The van der Waals surface area contributed by atoms with E-state index in [9.17, 15) is 14.9 Å². The summed E-state index contributed by atoms with van der Waals surface area (Å²) in [7, 11) is 0. The second-order valence-electron chi connectivity index (χ2n) is 3.85. The predicted octanol–water partition coefficient (Wildman–Crippen LogP) is 2.48. The monoisotopic (exact) mass is 288 g/mol. The molecular formula is C12H8N4O3S. The Hall–Kier alpha value is -2.79. The molecule has 8 heteroatoms. The molecule has 1 aromatic carbocycles. The molecule has 0 aliphatic carbocycles. The van der Waals surface area contributed by atoms with E-state index < -0.39 is 10.8 Å². The van der Waals surface area contributed by atoms with Crippen molar-refractivity contribution in [2.24, 2.45) is 0 Å². The Bertz CT molecular complexity index is 733. The molecule has 1 aromatic heterocycles. The zero-order chi connectivity index (χ0) is 14.7. The molecule has 100 valence electrons. The fraction of sp³-hybridized carbons (Fsp3) is 0.0833. The van der Waals surface area contributed by atoms with Crippen molar-refractivity contribution in [3.05, 3.63) is 50.5 Å². The molecule has 0 bridgehead atoms. The average molecular weight is 288 g/mol. The summed E-state index contributed by atoms with van der Waals surface area (Å²) >= 11 is 1.03. The Morgan fingerprint density at radius 2 is 2.30 bits per heavy atom. The highest BCUT2D eigenvalue weighted by Gasteiger charge is 2.15. The SMILES string of the molecule is Cc1ccc(C(=O)Nc2ncc(C#N)s2)cc1[N+](=O)[O-]. The normalized spacial score (nSPS) is 9.80. The van der Waals surface area contributed by atoms with Gasteiger partial charge in [-0.2, -0.15) is 5.26 Å². The number of hydrogen-bond acceptors (Lipinski definition) is 6. The second-order valence-corrected chi connectivity index (χ2v) is 4.88. The van der Waals surface area contributed by atoms with Crippen LogP contribution in [0.3, 0.4) is 0 Å². The maximum atomic E-state index is 11.9. The van der Waals surface area contributed by atoms with Gasteiger partial charge in [-0.25, -0.2) is 4.98 Å². The van der Waals surface area contributed by atoms with Gasteiger partial charge in [0.1, 0.15) is 10.9 Å². The van der Waals surface area contributed by atoms with Gasteiger partial charge in [-0.15, -0.1) is 0 Å². The van der Waals surface area contributed by atoms with E-state index in [1.165, 1.54) is 24.4 Å². The lowest BCUT2D eigenvalue weighted by molar-refractivity contribution is -0.385. The number of nitro benzene ring substituents is 1. The van der Waals surface area contributed by atoms with E-state index in [1.807, 2.05) is 6.07 Å². The van der Waals surface area contributed by atoms with Crippen molar-refractivity contribution in [1.82, 2.24) is 4.98 Å². The standard InChI is InChI=1S/C12H8N4O3S/c1-7-2-3-8(4-10(7)16(18)19)11(17)15-12-14-6-9(5-13)20-12/h2-4,6H,1H3,(H,14,15,17). The molecule has 0 aliphatic rings. The molecule has 1 amide bonds. The van der Waals surface area contributed by atoms with Crippen LogP contribution in [0.2, 0.25) is 0 Å². The van der Waals surface area contributed by atoms with E-state index in [2.05, 4.69) is 10.3 Å². The van der Waals surface area contributed by atoms with Gasteiger partial charge in [-0.1, -0.05) is 17.4 Å². The summed E-state index contributed by atoms with van der Waals surface area (Å²) in [5.41, 5.74) is 0.526. The Morgan fingerprint density at radius 1 is 1.55 bits per heavy atom. The molecule has 7 nitrogen and oxygen atoms in total. The van der Waals surface area contributed by atoms with Gasteiger partial charge in [-0.3, -0.25) is 20.2 Å². The maximum Gasteiger partial charge on any atom is 0.273 e. The summed E-state index contributed by atoms with van der Waals surface area (Å²) in [6, 6.07) is 6.13. The van der Waals surface area contributed by atoms with Crippen LogP contribution in [-0.4, -0.2) is 15.8 Å². The van der Waals surface area contributed by atoms with Crippen LogP contribution in [0.4, 0.5) is 10.8 Å². The number of rotatable bonds is 3. The fourth-order valence-corrected chi connectivity index (χ4v) is 2.11. The van der Waals surface area contributed by atoms with Crippen LogP contribution in [0.5, 0.6) is 0 Å². The smallest absolute Gasteiger partial charge is 0.273 e. The van der Waals surface area contributed by atoms with Crippen molar-refractivity contribution in [3.8, 4) is 6.07 Å². The van der Waals surface area contributed by atoms with Gasteiger partial charge >= 0.3 is 0 Å². The fourth-order valence-electron chi connectivity index (χ4n) is 1.50. The Kier molecular flexibility index (Phi) is 3.72. The number of nitrogens with one attached hydrogen (secondary N) is 1. The minimum Gasteiger partial charge on any atom is -0.298 e. The molecule has 1 heterocycles. The Labute approximate surface area is 117 Å².